The van der Waals surface area contributed by atoms with Gasteiger partial charge in [0.15, 0.2) is 5.78 Å². The normalized spacial score (nSPS) is 10.3. The van der Waals surface area contributed by atoms with Crippen molar-refractivity contribution in [3.63, 3.8) is 0 Å². The molecule has 20 heavy (non-hydrogen) atoms. The number of hydrogen-bond donors (Lipinski definition) is 1. The van der Waals surface area contributed by atoms with Crippen LogP contribution in [0.1, 0.15) is 15.9 Å². The Morgan fingerprint density at radius 1 is 1.30 bits per heavy atom. The fourth-order valence-electron chi connectivity index (χ4n) is 1.85. The molecule has 0 heterocycles. The maximum Gasteiger partial charge on any atom is 0.169 e. The largest absolute Gasteiger partial charge is 0.497 e. The van der Waals surface area contributed by atoms with Crippen LogP contribution in [0.2, 0.25) is 5.02 Å². The molecule has 104 valence electrons. The Balaban J connectivity index is 2.24. The molecule has 0 bridgehead atoms. The van der Waals surface area contributed by atoms with Crippen LogP contribution in [-0.2, 0) is 6.42 Å². The lowest BCUT2D eigenvalue weighted by Crippen LogP contribution is -2.07. The van der Waals surface area contributed by atoms with Crippen molar-refractivity contribution in [2.45, 2.75) is 6.42 Å². The predicted octanol–water partition coefficient (Wildman–Crippen LogP) is 4.12. The molecule has 0 aliphatic heterocycles. The molecule has 2 rings (SSSR count). The number of anilines is 1. The second kappa shape index (κ2) is 6.29. The molecule has 0 fully saturated rings. The number of methoxy groups -OCH3 is 1. The minimum atomic E-state index is -0.0747. The van der Waals surface area contributed by atoms with E-state index in [4.69, 9.17) is 22.1 Å². The van der Waals surface area contributed by atoms with E-state index in [9.17, 15) is 4.79 Å². The average molecular weight is 355 g/mol. The van der Waals surface area contributed by atoms with Crippen LogP contribution >= 0.6 is 27.5 Å². The van der Waals surface area contributed by atoms with E-state index in [1.165, 1.54) is 0 Å². The molecule has 0 spiro atoms. The number of carbonyl (C=O) groups is 1. The van der Waals surface area contributed by atoms with Gasteiger partial charge in [-0.05, 0) is 29.8 Å². The van der Waals surface area contributed by atoms with Crippen LogP contribution in [0, 0.1) is 0 Å². The van der Waals surface area contributed by atoms with Gasteiger partial charge in [-0.15, -0.1) is 0 Å². The van der Waals surface area contributed by atoms with E-state index in [1.807, 2.05) is 12.1 Å². The molecule has 0 amide bonds. The van der Waals surface area contributed by atoms with Crippen LogP contribution < -0.4 is 10.5 Å². The van der Waals surface area contributed by atoms with Crippen molar-refractivity contribution in [3.8, 4) is 5.75 Å². The second-order valence-electron chi connectivity index (χ2n) is 4.29. The number of nitrogens with two attached hydrogens (primary N) is 1. The van der Waals surface area contributed by atoms with Crippen LogP contribution in [0.4, 0.5) is 5.69 Å². The minimum absolute atomic E-state index is 0.0747. The Labute approximate surface area is 130 Å². The number of hydrogen-bond acceptors (Lipinski definition) is 3. The molecule has 2 aromatic carbocycles. The molecule has 0 radical (unpaired) electrons. The molecule has 0 saturated heterocycles. The predicted molar refractivity (Wildman–Crippen MR) is 84.6 cm³/mol. The van der Waals surface area contributed by atoms with Gasteiger partial charge in [0.1, 0.15) is 5.75 Å². The monoisotopic (exact) mass is 353 g/mol. The van der Waals surface area contributed by atoms with Crippen molar-refractivity contribution in [2.75, 3.05) is 12.8 Å². The summed E-state index contributed by atoms with van der Waals surface area (Å²) in [5.41, 5.74) is 7.53. The number of halogens is 2. The minimum Gasteiger partial charge on any atom is -0.497 e. The van der Waals surface area contributed by atoms with Crippen molar-refractivity contribution >= 4 is 39.0 Å². The zero-order chi connectivity index (χ0) is 14.7. The number of nitrogen functional groups attached to an aromatic ring is 1. The highest BCUT2D eigenvalue weighted by molar-refractivity contribution is 9.10. The van der Waals surface area contributed by atoms with Crippen molar-refractivity contribution in [1.29, 1.82) is 0 Å². The van der Waals surface area contributed by atoms with Crippen LogP contribution in [0.3, 0.4) is 0 Å². The Morgan fingerprint density at radius 3 is 2.65 bits per heavy atom. The summed E-state index contributed by atoms with van der Waals surface area (Å²) in [4.78, 5) is 12.3. The molecule has 0 aliphatic carbocycles. The summed E-state index contributed by atoms with van der Waals surface area (Å²) < 4.78 is 5.94. The highest BCUT2D eigenvalue weighted by Crippen LogP contribution is 2.25. The van der Waals surface area contributed by atoms with Gasteiger partial charge in [-0.2, -0.15) is 0 Å². The van der Waals surface area contributed by atoms with Gasteiger partial charge in [-0.1, -0.05) is 33.6 Å². The lowest BCUT2D eigenvalue weighted by Gasteiger charge is -2.08. The summed E-state index contributed by atoms with van der Waals surface area (Å²) >= 11 is 9.45. The summed E-state index contributed by atoms with van der Waals surface area (Å²) in [6, 6.07) is 10.5. The van der Waals surface area contributed by atoms with Gasteiger partial charge in [0.05, 0.1) is 7.11 Å². The highest BCUT2D eigenvalue weighted by Gasteiger charge is 2.13. The van der Waals surface area contributed by atoms with E-state index in [0.29, 0.717) is 22.0 Å². The lowest BCUT2D eigenvalue weighted by atomic mass is 10.0. The fraction of sp³-hybridized carbons (Fsp3) is 0.133. The topological polar surface area (TPSA) is 52.3 Å². The van der Waals surface area contributed by atoms with Crippen molar-refractivity contribution < 1.29 is 9.53 Å². The van der Waals surface area contributed by atoms with E-state index in [2.05, 4.69) is 15.9 Å². The third-order valence-corrected chi connectivity index (χ3v) is 3.77. The number of rotatable bonds is 4. The van der Waals surface area contributed by atoms with E-state index in [-0.39, 0.29) is 12.2 Å². The SMILES string of the molecule is COc1ccc(C(=O)Cc2ccc(Br)cc2Cl)c(N)c1. The third-order valence-electron chi connectivity index (χ3n) is 2.93. The van der Waals surface area contributed by atoms with Gasteiger partial charge >= 0.3 is 0 Å². The molecule has 5 heteroatoms. The molecule has 0 saturated carbocycles. The smallest absolute Gasteiger partial charge is 0.169 e. The van der Waals surface area contributed by atoms with E-state index >= 15 is 0 Å². The maximum atomic E-state index is 12.3. The van der Waals surface area contributed by atoms with E-state index < -0.39 is 0 Å². The molecule has 3 nitrogen and oxygen atoms in total. The summed E-state index contributed by atoms with van der Waals surface area (Å²) in [7, 11) is 1.55. The van der Waals surface area contributed by atoms with E-state index in [1.54, 1.807) is 31.4 Å². The van der Waals surface area contributed by atoms with Crippen LogP contribution in [0.5, 0.6) is 5.75 Å². The second-order valence-corrected chi connectivity index (χ2v) is 5.61. The fourth-order valence-corrected chi connectivity index (χ4v) is 2.60. The molecule has 0 aliphatic rings. The van der Waals surface area contributed by atoms with Crippen LogP contribution in [0.15, 0.2) is 40.9 Å². The number of benzene rings is 2. The summed E-state index contributed by atoms with van der Waals surface area (Å²) in [5, 5.41) is 0.555. The van der Waals surface area contributed by atoms with E-state index in [0.717, 1.165) is 10.0 Å². The standard InChI is InChI=1S/C15H13BrClNO2/c1-20-11-4-5-12(14(18)8-11)15(19)6-9-2-3-10(16)7-13(9)17/h2-5,7-8H,6,18H2,1H3. The summed E-state index contributed by atoms with van der Waals surface area (Å²) in [6.45, 7) is 0. The number of ether oxygens (including phenoxy) is 1. The Bertz CT molecular complexity index is 658. The summed E-state index contributed by atoms with van der Waals surface area (Å²) in [5.74, 6) is 0.551. The lowest BCUT2D eigenvalue weighted by molar-refractivity contribution is 0.0994. The number of ketones is 1. The Morgan fingerprint density at radius 2 is 2.05 bits per heavy atom. The van der Waals surface area contributed by atoms with Gasteiger partial charge in [0.25, 0.3) is 0 Å². The maximum absolute atomic E-state index is 12.3. The Kier molecular flexibility index (Phi) is 4.68. The molecule has 2 aromatic rings. The van der Waals surface area contributed by atoms with Crippen LogP contribution in [0.25, 0.3) is 0 Å². The Hall–Kier alpha value is -1.52. The first kappa shape index (κ1) is 14.9. The molecule has 2 N–H and O–H groups in total. The highest BCUT2D eigenvalue weighted by atomic mass is 79.9. The van der Waals surface area contributed by atoms with Crippen molar-refractivity contribution in [1.82, 2.24) is 0 Å². The molecule has 0 atom stereocenters. The summed E-state index contributed by atoms with van der Waals surface area (Å²) in [6.07, 6.45) is 0.211. The molecule has 0 aromatic heterocycles. The first-order chi connectivity index (χ1) is 9.51. The van der Waals surface area contributed by atoms with Crippen LogP contribution in [-0.4, -0.2) is 12.9 Å². The van der Waals surface area contributed by atoms with Gasteiger partial charge in [-0.3, -0.25) is 4.79 Å². The zero-order valence-electron chi connectivity index (χ0n) is 10.8. The van der Waals surface area contributed by atoms with Gasteiger partial charge in [0.2, 0.25) is 0 Å². The molecular weight excluding hydrogens is 342 g/mol. The number of Topliss-reactive ketones (excluding diaryl/α,β-unsaturated/α-hetero) is 1. The van der Waals surface area contributed by atoms with Crippen molar-refractivity contribution in [2.24, 2.45) is 0 Å². The van der Waals surface area contributed by atoms with Gasteiger partial charge in [0, 0.05) is 33.2 Å². The molecular formula is C15H13BrClNO2. The zero-order valence-corrected chi connectivity index (χ0v) is 13.2. The first-order valence-electron chi connectivity index (χ1n) is 5.92. The van der Waals surface area contributed by atoms with Gasteiger partial charge < -0.3 is 10.5 Å². The average Bonchev–Trinajstić information content (AvgIpc) is 2.41. The third kappa shape index (κ3) is 3.32. The van der Waals surface area contributed by atoms with Crippen molar-refractivity contribution in [3.05, 3.63) is 57.0 Å². The molecule has 0 unspecified atom stereocenters. The first-order valence-corrected chi connectivity index (χ1v) is 7.09. The number of carbonyl (C=O) groups excluding carboxylic acids is 1. The quantitative estimate of drug-likeness (QED) is 0.664. The van der Waals surface area contributed by atoms with Gasteiger partial charge in [-0.25, -0.2) is 0 Å².